The molecule has 2 aromatic carbocycles. The van der Waals surface area contributed by atoms with Gasteiger partial charge < -0.3 is 0 Å². The lowest BCUT2D eigenvalue weighted by Crippen LogP contribution is -1.93. The lowest BCUT2D eigenvalue weighted by atomic mass is 10.1. The molecule has 0 atom stereocenters. The van der Waals surface area contributed by atoms with Crippen molar-refractivity contribution in [2.24, 2.45) is 0 Å². The summed E-state index contributed by atoms with van der Waals surface area (Å²) in [6.07, 6.45) is 0. The van der Waals surface area contributed by atoms with Crippen LogP contribution in [0, 0.1) is 11.9 Å². The van der Waals surface area contributed by atoms with E-state index in [1.807, 2.05) is 36.4 Å². The van der Waals surface area contributed by atoms with E-state index < -0.39 is 11.9 Å². The van der Waals surface area contributed by atoms with Gasteiger partial charge in [-0.3, -0.25) is 4.40 Å². The van der Waals surface area contributed by atoms with E-state index in [4.69, 9.17) is 0 Å². The van der Waals surface area contributed by atoms with Crippen molar-refractivity contribution in [1.29, 1.82) is 0 Å². The van der Waals surface area contributed by atoms with Crippen molar-refractivity contribution in [3.63, 3.8) is 0 Å². The van der Waals surface area contributed by atoms with Gasteiger partial charge in [-0.2, -0.15) is 13.8 Å². The highest BCUT2D eigenvalue weighted by Crippen LogP contribution is 2.29. The molecule has 0 unspecified atom stereocenters. The molecule has 0 N–H and O–H groups in total. The Kier molecular flexibility index (Phi) is 1.93. The number of nitrogens with zero attached hydrogens (tertiary/aromatic N) is 2. The fourth-order valence-corrected chi connectivity index (χ4v) is 2.58. The van der Waals surface area contributed by atoms with Gasteiger partial charge in [-0.15, -0.1) is 0 Å². The van der Waals surface area contributed by atoms with E-state index in [1.165, 1.54) is 4.40 Å². The Morgan fingerprint density at radius 2 is 1.42 bits per heavy atom. The number of pyridine rings is 1. The minimum atomic E-state index is -1.07. The van der Waals surface area contributed by atoms with Crippen LogP contribution in [0.15, 0.2) is 48.5 Å². The molecule has 0 aliphatic carbocycles. The second-order valence-electron chi connectivity index (χ2n) is 4.42. The minimum Gasteiger partial charge on any atom is -0.266 e. The number of hydrogen-bond acceptors (Lipinski definition) is 1. The van der Waals surface area contributed by atoms with E-state index in [-0.39, 0.29) is 0 Å². The highest BCUT2D eigenvalue weighted by molar-refractivity contribution is 6.11. The van der Waals surface area contributed by atoms with Crippen LogP contribution in [0.3, 0.4) is 0 Å². The summed E-state index contributed by atoms with van der Waals surface area (Å²) in [5, 5.41) is 2.56. The van der Waals surface area contributed by atoms with Crippen molar-refractivity contribution in [1.82, 2.24) is 9.38 Å². The average Bonchev–Trinajstić information content (AvgIpc) is 2.76. The Morgan fingerprint density at radius 1 is 0.789 bits per heavy atom. The third-order valence-electron chi connectivity index (χ3n) is 3.39. The van der Waals surface area contributed by atoms with Crippen LogP contribution in [-0.4, -0.2) is 9.38 Å². The summed E-state index contributed by atoms with van der Waals surface area (Å²) >= 11 is 0. The van der Waals surface area contributed by atoms with Gasteiger partial charge in [-0.1, -0.05) is 42.5 Å². The van der Waals surface area contributed by atoms with E-state index in [0.717, 1.165) is 16.2 Å². The molecular weight excluding hydrogens is 246 g/mol. The van der Waals surface area contributed by atoms with Crippen LogP contribution in [0.4, 0.5) is 8.78 Å². The Balaban J connectivity index is 2.47. The molecule has 2 nitrogen and oxygen atoms in total. The summed E-state index contributed by atoms with van der Waals surface area (Å²) in [6, 6.07) is 14.8. The lowest BCUT2D eigenvalue weighted by molar-refractivity contribution is 0.468. The maximum Gasteiger partial charge on any atom is 0.269 e. The summed E-state index contributed by atoms with van der Waals surface area (Å²) in [5.74, 6) is -2.02. The highest BCUT2D eigenvalue weighted by atomic mass is 19.2. The fourth-order valence-electron chi connectivity index (χ4n) is 2.58. The van der Waals surface area contributed by atoms with Crippen LogP contribution in [0.2, 0.25) is 0 Å². The molecule has 0 saturated heterocycles. The van der Waals surface area contributed by atoms with Crippen LogP contribution in [-0.2, 0) is 0 Å². The smallest absolute Gasteiger partial charge is 0.266 e. The molecule has 0 spiro atoms. The summed E-state index contributed by atoms with van der Waals surface area (Å²) in [6.45, 7) is 0. The van der Waals surface area contributed by atoms with Crippen molar-refractivity contribution in [3.8, 4) is 0 Å². The fraction of sp³-hybridized carbons (Fsp3) is 0. The first kappa shape index (κ1) is 10.4. The van der Waals surface area contributed by atoms with Crippen LogP contribution in [0.5, 0.6) is 0 Å². The first-order chi connectivity index (χ1) is 9.27. The number of aromatic nitrogens is 2. The molecule has 4 aromatic rings. The van der Waals surface area contributed by atoms with Gasteiger partial charge >= 0.3 is 0 Å². The first-order valence-electron chi connectivity index (χ1n) is 5.90. The SMILES string of the molecule is Fc1nc2c3ccccc3c3ccccc3n2c1F. The van der Waals surface area contributed by atoms with Gasteiger partial charge in [0.25, 0.3) is 11.9 Å². The summed E-state index contributed by atoms with van der Waals surface area (Å²) in [4.78, 5) is 3.71. The summed E-state index contributed by atoms with van der Waals surface area (Å²) in [7, 11) is 0. The van der Waals surface area contributed by atoms with Gasteiger partial charge in [0.1, 0.15) is 0 Å². The zero-order chi connectivity index (χ0) is 13.0. The molecule has 0 saturated carbocycles. The Morgan fingerprint density at radius 3 is 2.21 bits per heavy atom. The van der Waals surface area contributed by atoms with Crippen molar-refractivity contribution in [3.05, 3.63) is 60.4 Å². The maximum atomic E-state index is 13.9. The number of para-hydroxylation sites is 1. The number of hydrogen-bond donors (Lipinski definition) is 0. The number of imidazole rings is 1. The number of benzene rings is 2. The third kappa shape index (κ3) is 1.25. The normalized spacial score (nSPS) is 11.7. The van der Waals surface area contributed by atoms with Crippen molar-refractivity contribution >= 4 is 27.3 Å². The van der Waals surface area contributed by atoms with Gasteiger partial charge in [0.15, 0.2) is 5.65 Å². The molecule has 0 amide bonds. The second-order valence-corrected chi connectivity index (χ2v) is 4.42. The first-order valence-corrected chi connectivity index (χ1v) is 5.90. The van der Waals surface area contributed by atoms with E-state index in [1.54, 1.807) is 12.1 Å². The van der Waals surface area contributed by atoms with Gasteiger partial charge in [-0.25, -0.2) is 0 Å². The van der Waals surface area contributed by atoms with Gasteiger partial charge in [0, 0.05) is 10.8 Å². The van der Waals surface area contributed by atoms with Crippen molar-refractivity contribution in [2.75, 3.05) is 0 Å². The van der Waals surface area contributed by atoms with Crippen LogP contribution < -0.4 is 0 Å². The Labute approximate surface area is 106 Å². The van der Waals surface area contributed by atoms with E-state index in [2.05, 4.69) is 4.98 Å². The predicted molar refractivity (Wildman–Crippen MR) is 70.1 cm³/mol. The monoisotopic (exact) mass is 254 g/mol. The molecule has 0 aliphatic rings. The number of fused-ring (bicyclic) bond motifs is 6. The summed E-state index contributed by atoms with van der Waals surface area (Å²) in [5.41, 5.74) is 0.925. The van der Waals surface area contributed by atoms with Crippen molar-refractivity contribution < 1.29 is 8.78 Å². The van der Waals surface area contributed by atoms with Gasteiger partial charge in [0.05, 0.1) is 5.52 Å². The molecule has 0 fully saturated rings. The van der Waals surface area contributed by atoms with Gasteiger partial charge in [0.2, 0.25) is 0 Å². The van der Waals surface area contributed by atoms with E-state index >= 15 is 0 Å². The predicted octanol–water partition coefficient (Wildman–Crippen LogP) is 3.92. The van der Waals surface area contributed by atoms with Crippen molar-refractivity contribution in [2.45, 2.75) is 0 Å². The molecular formula is C15H8F2N2. The molecule has 4 heteroatoms. The van der Waals surface area contributed by atoms with Crippen LogP contribution in [0.1, 0.15) is 0 Å². The lowest BCUT2D eigenvalue weighted by Gasteiger charge is -2.07. The van der Waals surface area contributed by atoms with Gasteiger partial charge in [-0.05, 0) is 11.5 Å². The molecule has 0 aliphatic heterocycles. The Hall–Kier alpha value is -2.49. The topological polar surface area (TPSA) is 17.3 Å². The quantitative estimate of drug-likeness (QED) is 0.435. The third-order valence-corrected chi connectivity index (χ3v) is 3.39. The maximum absolute atomic E-state index is 13.9. The number of halogens is 2. The Bertz CT molecular complexity index is 941. The minimum absolute atomic E-state index is 0.310. The molecule has 4 rings (SSSR count). The van der Waals surface area contributed by atoms with E-state index in [0.29, 0.717) is 11.2 Å². The molecule has 0 radical (unpaired) electrons. The zero-order valence-electron chi connectivity index (χ0n) is 9.77. The molecule has 2 heterocycles. The largest absolute Gasteiger partial charge is 0.269 e. The number of rotatable bonds is 0. The molecule has 0 bridgehead atoms. The van der Waals surface area contributed by atoms with Crippen LogP contribution >= 0.6 is 0 Å². The second kappa shape index (κ2) is 3.51. The zero-order valence-corrected chi connectivity index (χ0v) is 9.77. The molecule has 92 valence electrons. The van der Waals surface area contributed by atoms with Crippen LogP contribution in [0.25, 0.3) is 27.3 Å². The standard InChI is InChI=1S/C15H8F2N2/c16-13-14(17)19-12-8-4-3-6-10(12)9-5-1-2-7-11(9)15(19)18-13/h1-8H. The summed E-state index contributed by atoms with van der Waals surface area (Å²) < 4.78 is 28.7. The molecule has 19 heavy (non-hydrogen) atoms. The molecule has 2 aromatic heterocycles. The van der Waals surface area contributed by atoms with E-state index in [9.17, 15) is 8.78 Å². The average molecular weight is 254 g/mol. The highest BCUT2D eigenvalue weighted by Gasteiger charge is 2.17.